The number of anilines is 1. The fraction of sp³-hybridized carbons (Fsp3) is 0.500. The molecule has 3 rings (SSSR count). The summed E-state index contributed by atoms with van der Waals surface area (Å²) in [6.07, 6.45) is -0.664. The van der Waals surface area contributed by atoms with E-state index < -0.39 is 30.4 Å². The molecule has 0 saturated carbocycles. The van der Waals surface area contributed by atoms with Crippen LogP contribution in [0.25, 0.3) is 10.1 Å². The van der Waals surface area contributed by atoms with Crippen molar-refractivity contribution in [3.05, 3.63) is 23.8 Å². The van der Waals surface area contributed by atoms with Crippen LogP contribution in [0.3, 0.4) is 0 Å². The first-order chi connectivity index (χ1) is 12.5. The molecule has 1 aliphatic heterocycles. The monoisotopic (exact) mass is 397 g/mol. The lowest BCUT2D eigenvalue weighted by molar-refractivity contribution is 0.0341. The number of hydrogen-bond acceptors (Lipinski definition) is 5. The average molecular weight is 397 g/mol. The van der Waals surface area contributed by atoms with E-state index in [2.05, 4.69) is 5.32 Å². The second-order valence-corrected chi connectivity index (χ2v) is 9.40. The van der Waals surface area contributed by atoms with Gasteiger partial charge in [-0.05, 0) is 26.8 Å². The van der Waals surface area contributed by atoms with Crippen LogP contribution in [0.1, 0.15) is 34.6 Å². The first-order valence-electron chi connectivity index (χ1n) is 8.60. The summed E-state index contributed by atoms with van der Waals surface area (Å²) in [6.45, 7) is 9.96. The molecule has 27 heavy (non-hydrogen) atoms. The summed E-state index contributed by atoms with van der Waals surface area (Å²) in [5.41, 5.74) is -0.709. The van der Waals surface area contributed by atoms with Crippen molar-refractivity contribution in [1.82, 2.24) is 0 Å². The number of ether oxygens (including phenoxy) is 1. The molecule has 5 nitrogen and oxygen atoms in total. The van der Waals surface area contributed by atoms with E-state index in [4.69, 9.17) is 14.0 Å². The predicted octanol–water partition coefficient (Wildman–Crippen LogP) is 4.29. The van der Waals surface area contributed by atoms with Gasteiger partial charge in [0.25, 0.3) is 0 Å². The lowest BCUT2D eigenvalue weighted by atomic mass is 9.74. The van der Waals surface area contributed by atoms with E-state index in [-0.39, 0.29) is 15.6 Å². The molecule has 2 heterocycles. The zero-order valence-electron chi connectivity index (χ0n) is 15.9. The van der Waals surface area contributed by atoms with Crippen LogP contribution in [0, 0.1) is 17.0 Å². The molecule has 2 aromatic rings. The highest BCUT2D eigenvalue weighted by atomic mass is 32.1. The van der Waals surface area contributed by atoms with Gasteiger partial charge in [0, 0.05) is 35.5 Å². The van der Waals surface area contributed by atoms with E-state index in [1.54, 1.807) is 20.8 Å². The molecule has 0 atom stereocenters. The Hall–Kier alpha value is -1.71. The molecule has 0 spiro atoms. The molecular formula is C18H22BF2NO4S. The molecule has 9 heteroatoms. The van der Waals surface area contributed by atoms with Gasteiger partial charge in [0.15, 0.2) is 0 Å². The number of carbonyl (C=O) groups excluding carboxylic acids is 1. The summed E-state index contributed by atoms with van der Waals surface area (Å²) in [5, 5.41) is 3.23. The minimum absolute atomic E-state index is 0.135. The van der Waals surface area contributed by atoms with Crippen LogP contribution in [0.15, 0.2) is 12.1 Å². The van der Waals surface area contributed by atoms with Gasteiger partial charge < -0.3 is 14.0 Å². The Labute approximate surface area is 161 Å². The van der Waals surface area contributed by atoms with Crippen LogP contribution in [0.4, 0.5) is 18.6 Å². The van der Waals surface area contributed by atoms with Crippen molar-refractivity contribution in [3.8, 4) is 0 Å². The second kappa shape index (κ2) is 7.03. The predicted molar refractivity (Wildman–Crippen MR) is 103 cm³/mol. The Morgan fingerprint density at radius 2 is 1.85 bits per heavy atom. The largest absolute Gasteiger partial charge is 0.497 e. The molecule has 0 bridgehead atoms. The van der Waals surface area contributed by atoms with E-state index >= 15 is 0 Å². The summed E-state index contributed by atoms with van der Waals surface area (Å²) in [5.74, 6) is -1.45. The average Bonchev–Trinajstić information content (AvgIpc) is 2.90. The van der Waals surface area contributed by atoms with Crippen LogP contribution >= 0.6 is 11.3 Å². The molecule has 1 aliphatic rings. The van der Waals surface area contributed by atoms with Gasteiger partial charge >= 0.3 is 13.2 Å². The van der Waals surface area contributed by atoms with Gasteiger partial charge in [-0.3, -0.25) is 5.32 Å². The Kier molecular flexibility index (Phi) is 5.22. The number of fused-ring (bicyclic) bond motifs is 1. The van der Waals surface area contributed by atoms with Crippen LogP contribution in [0.5, 0.6) is 0 Å². The van der Waals surface area contributed by atoms with E-state index in [0.29, 0.717) is 23.6 Å². The number of amides is 1. The fourth-order valence-electron chi connectivity index (χ4n) is 2.72. The normalized spacial score (nSPS) is 17.2. The van der Waals surface area contributed by atoms with Crippen molar-refractivity contribution >= 4 is 45.1 Å². The van der Waals surface area contributed by atoms with Crippen molar-refractivity contribution in [2.45, 2.75) is 40.2 Å². The highest BCUT2D eigenvalue weighted by molar-refractivity contribution is 7.23. The van der Waals surface area contributed by atoms with Crippen molar-refractivity contribution in [3.63, 3.8) is 0 Å². The molecule has 0 unspecified atom stereocenters. The SMILES string of the molecule is CC1(C)COB(c2c(F)cc(F)c3sc(NC(=O)OC(C)(C)C)cc23)OC1. The quantitative estimate of drug-likeness (QED) is 0.768. The van der Waals surface area contributed by atoms with E-state index in [1.165, 1.54) is 6.07 Å². The summed E-state index contributed by atoms with van der Waals surface area (Å²) >= 11 is 1.00. The van der Waals surface area contributed by atoms with Crippen molar-refractivity contribution in [2.24, 2.45) is 5.41 Å². The zero-order chi connectivity index (χ0) is 20.0. The van der Waals surface area contributed by atoms with Gasteiger partial charge in [0.2, 0.25) is 0 Å². The van der Waals surface area contributed by atoms with Crippen molar-refractivity contribution in [1.29, 1.82) is 0 Å². The molecular weight excluding hydrogens is 375 g/mol. The molecule has 1 aromatic carbocycles. The first-order valence-corrected chi connectivity index (χ1v) is 9.41. The van der Waals surface area contributed by atoms with Crippen LogP contribution < -0.4 is 10.8 Å². The molecule has 0 radical (unpaired) electrons. The topological polar surface area (TPSA) is 56.8 Å². The number of nitrogens with one attached hydrogen (secondary N) is 1. The smallest absolute Gasteiger partial charge is 0.444 e. The minimum Gasteiger partial charge on any atom is -0.444 e. The van der Waals surface area contributed by atoms with E-state index in [9.17, 15) is 13.6 Å². The summed E-state index contributed by atoms with van der Waals surface area (Å²) < 4.78 is 45.6. The lowest BCUT2D eigenvalue weighted by Crippen LogP contribution is -2.48. The van der Waals surface area contributed by atoms with Gasteiger partial charge in [-0.15, -0.1) is 11.3 Å². The number of halogens is 2. The molecule has 0 aliphatic carbocycles. The van der Waals surface area contributed by atoms with Crippen LogP contribution in [-0.4, -0.2) is 32.0 Å². The van der Waals surface area contributed by atoms with E-state index in [1.807, 2.05) is 13.8 Å². The third-order valence-electron chi connectivity index (χ3n) is 3.86. The number of carbonyl (C=O) groups is 1. The molecule has 146 valence electrons. The maximum absolute atomic E-state index is 14.5. The third-order valence-corrected chi connectivity index (χ3v) is 4.92. The Morgan fingerprint density at radius 3 is 2.44 bits per heavy atom. The Balaban J connectivity index is 1.93. The summed E-state index contributed by atoms with van der Waals surface area (Å²) in [7, 11) is -0.926. The minimum atomic E-state index is -0.926. The Bertz CT molecular complexity index is 868. The molecule has 1 fully saturated rings. The van der Waals surface area contributed by atoms with Gasteiger partial charge in [-0.2, -0.15) is 0 Å². The van der Waals surface area contributed by atoms with Gasteiger partial charge in [0.1, 0.15) is 17.2 Å². The first kappa shape index (κ1) is 20.0. The van der Waals surface area contributed by atoms with Crippen LogP contribution in [0.2, 0.25) is 0 Å². The molecule has 1 amide bonds. The number of hydrogen-bond donors (Lipinski definition) is 1. The van der Waals surface area contributed by atoms with Gasteiger partial charge in [-0.25, -0.2) is 13.6 Å². The highest BCUT2D eigenvalue weighted by Crippen LogP contribution is 2.33. The fourth-order valence-corrected chi connectivity index (χ4v) is 3.68. The van der Waals surface area contributed by atoms with Crippen LogP contribution in [-0.2, 0) is 14.0 Å². The summed E-state index contributed by atoms with van der Waals surface area (Å²) in [4.78, 5) is 12.0. The van der Waals surface area contributed by atoms with E-state index in [0.717, 1.165) is 17.4 Å². The molecule has 1 N–H and O–H groups in total. The maximum Gasteiger partial charge on any atom is 0.497 e. The molecule has 1 saturated heterocycles. The second-order valence-electron chi connectivity index (χ2n) is 8.35. The zero-order valence-corrected chi connectivity index (χ0v) is 16.8. The third kappa shape index (κ3) is 4.59. The van der Waals surface area contributed by atoms with Gasteiger partial charge in [0.05, 0.1) is 9.70 Å². The molecule has 1 aromatic heterocycles. The number of rotatable bonds is 2. The van der Waals surface area contributed by atoms with Crippen molar-refractivity contribution in [2.75, 3.05) is 18.5 Å². The lowest BCUT2D eigenvalue weighted by Gasteiger charge is -2.33. The maximum atomic E-state index is 14.5. The standard InChI is InChI=1S/C18H22BF2NO4S/c1-17(2,3)26-16(23)22-13-6-10-14(11(20)7-12(21)15(10)27-13)19-24-8-18(4,5)9-25-19/h6-7H,8-9H2,1-5H3,(H,22,23). The number of benzene rings is 1. The van der Waals surface area contributed by atoms with Crippen molar-refractivity contribution < 1.29 is 27.6 Å². The number of thiophene rings is 1. The summed E-state index contributed by atoms with van der Waals surface area (Å²) in [6, 6.07) is 2.33. The Morgan fingerprint density at radius 1 is 1.22 bits per heavy atom. The van der Waals surface area contributed by atoms with Gasteiger partial charge in [-0.1, -0.05) is 13.8 Å². The highest BCUT2D eigenvalue weighted by Gasteiger charge is 2.37.